The first kappa shape index (κ1) is 18.1. The van der Waals surface area contributed by atoms with Gasteiger partial charge in [-0.3, -0.25) is 0 Å². The Labute approximate surface area is 141 Å². The van der Waals surface area contributed by atoms with Gasteiger partial charge in [-0.1, -0.05) is 12.8 Å². The smallest absolute Gasteiger partial charge is 0.220 e. The predicted octanol–water partition coefficient (Wildman–Crippen LogP) is 2.33. The molecule has 0 fully saturated rings. The fourth-order valence-electron chi connectivity index (χ4n) is 2.76. The molecular weight excluding hydrogens is 310 g/mol. The molecule has 0 aliphatic rings. The topological polar surface area (TPSA) is 99.7 Å². The van der Waals surface area contributed by atoms with Crippen LogP contribution in [0, 0.1) is 0 Å². The second-order valence-corrected chi connectivity index (χ2v) is 5.46. The van der Waals surface area contributed by atoms with Gasteiger partial charge >= 0.3 is 0 Å². The van der Waals surface area contributed by atoms with Gasteiger partial charge in [0.15, 0.2) is 11.5 Å². The van der Waals surface area contributed by atoms with E-state index in [9.17, 15) is 0 Å². The van der Waals surface area contributed by atoms with Crippen molar-refractivity contribution in [2.45, 2.75) is 32.1 Å². The minimum atomic E-state index is 0.207. The van der Waals surface area contributed by atoms with Crippen molar-refractivity contribution in [2.24, 2.45) is 0 Å². The van der Waals surface area contributed by atoms with Gasteiger partial charge in [0.2, 0.25) is 11.7 Å². The van der Waals surface area contributed by atoms with E-state index in [0.717, 1.165) is 43.2 Å². The third-order valence-corrected chi connectivity index (χ3v) is 3.91. The first-order valence-electron chi connectivity index (χ1n) is 8.02. The summed E-state index contributed by atoms with van der Waals surface area (Å²) in [7, 11) is 4.69. The standard InChI is InChI=1S/C17H25N3O4/c1-22-13-10-11-12(8-6-4-5-7-9-21)19-17(18)20-14(11)16(24-3)15(13)23-2/h10,21H,4-9H2,1-3H3,(H2,18,19,20). The second-order valence-electron chi connectivity index (χ2n) is 5.46. The van der Waals surface area contributed by atoms with Crippen molar-refractivity contribution >= 4 is 16.9 Å². The summed E-state index contributed by atoms with van der Waals surface area (Å²) >= 11 is 0. The highest BCUT2D eigenvalue weighted by Gasteiger charge is 2.20. The number of unbranched alkanes of at least 4 members (excludes halogenated alkanes) is 3. The maximum atomic E-state index is 8.85. The van der Waals surface area contributed by atoms with Crippen LogP contribution >= 0.6 is 0 Å². The van der Waals surface area contributed by atoms with Gasteiger partial charge in [0.1, 0.15) is 5.52 Å². The van der Waals surface area contributed by atoms with E-state index in [0.29, 0.717) is 22.8 Å². The van der Waals surface area contributed by atoms with Crippen LogP contribution in [-0.2, 0) is 6.42 Å². The van der Waals surface area contributed by atoms with Crippen molar-refractivity contribution in [2.75, 3.05) is 33.7 Å². The van der Waals surface area contributed by atoms with Crippen LogP contribution in [0.25, 0.3) is 10.9 Å². The maximum absolute atomic E-state index is 8.85. The number of ether oxygens (including phenoxy) is 3. The first-order chi connectivity index (χ1) is 11.7. The molecular formula is C17H25N3O4. The molecule has 0 unspecified atom stereocenters. The lowest BCUT2D eigenvalue weighted by Crippen LogP contribution is -2.04. The molecule has 0 atom stereocenters. The Bertz CT molecular complexity index is 691. The number of aliphatic hydroxyl groups excluding tert-OH is 1. The Morgan fingerprint density at radius 3 is 2.29 bits per heavy atom. The van der Waals surface area contributed by atoms with Crippen LogP contribution in [0.4, 0.5) is 5.95 Å². The van der Waals surface area contributed by atoms with Gasteiger partial charge in [0, 0.05) is 12.0 Å². The van der Waals surface area contributed by atoms with E-state index in [4.69, 9.17) is 25.1 Å². The molecule has 2 rings (SSSR count). The molecule has 0 bridgehead atoms. The molecule has 7 heteroatoms. The summed E-state index contributed by atoms with van der Waals surface area (Å²) in [6.07, 6.45) is 4.58. The Kier molecular flexibility index (Phi) is 6.43. The molecule has 1 aromatic heterocycles. The fraction of sp³-hybridized carbons (Fsp3) is 0.529. The number of nitrogens with two attached hydrogens (primary N) is 1. The summed E-state index contributed by atoms with van der Waals surface area (Å²) in [6.45, 7) is 0.234. The Hall–Kier alpha value is -2.28. The van der Waals surface area contributed by atoms with Crippen molar-refractivity contribution < 1.29 is 19.3 Å². The molecule has 24 heavy (non-hydrogen) atoms. The Morgan fingerprint density at radius 2 is 1.67 bits per heavy atom. The van der Waals surface area contributed by atoms with Gasteiger partial charge in [0.05, 0.1) is 27.0 Å². The van der Waals surface area contributed by atoms with Crippen LogP contribution in [0.3, 0.4) is 0 Å². The summed E-state index contributed by atoms with van der Waals surface area (Å²) in [5, 5.41) is 9.70. The van der Waals surface area contributed by atoms with Gasteiger partial charge in [-0.15, -0.1) is 0 Å². The Balaban J connectivity index is 2.44. The van der Waals surface area contributed by atoms with Crippen LogP contribution in [-0.4, -0.2) is 43.0 Å². The number of aryl methyl sites for hydroxylation is 1. The van der Waals surface area contributed by atoms with E-state index < -0.39 is 0 Å². The van der Waals surface area contributed by atoms with Gasteiger partial charge in [-0.05, 0) is 25.3 Å². The lowest BCUT2D eigenvalue weighted by Gasteiger charge is -2.16. The highest BCUT2D eigenvalue weighted by atomic mass is 16.5. The number of benzene rings is 1. The number of nitrogens with zero attached hydrogens (tertiary/aromatic N) is 2. The number of hydrogen-bond acceptors (Lipinski definition) is 7. The SMILES string of the molecule is COc1cc2c(CCCCCCO)nc(N)nc2c(OC)c1OC. The highest BCUT2D eigenvalue weighted by Crippen LogP contribution is 2.43. The number of hydrogen-bond donors (Lipinski definition) is 2. The zero-order chi connectivity index (χ0) is 17.5. The number of fused-ring (bicyclic) bond motifs is 1. The van der Waals surface area contributed by atoms with E-state index >= 15 is 0 Å². The molecule has 0 spiro atoms. The summed E-state index contributed by atoms with van der Waals surface area (Å²) in [4.78, 5) is 8.71. The first-order valence-corrected chi connectivity index (χ1v) is 8.02. The quantitative estimate of drug-likeness (QED) is 0.678. The second kappa shape index (κ2) is 8.54. The van der Waals surface area contributed by atoms with Crippen LogP contribution in [0.15, 0.2) is 6.07 Å². The van der Waals surface area contributed by atoms with Gasteiger partial charge in [-0.25, -0.2) is 9.97 Å². The van der Waals surface area contributed by atoms with Gasteiger partial charge < -0.3 is 25.1 Å². The molecule has 0 radical (unpaired) electrons. The monoisotopic (exact) mass is 335 g/mol. The average Bonchev–Trinajstić information content (AvgIpc) is 2.59. The zero-order valence-corrected chi connectivity index (χ0v) is 14.5. The lowest BCUT2D eigenvalue weighted by atomic mass is 10.1. The maximum Gasteiger partial charge on any atom is 0.220 e. The third-order valence-electron chi connectivity index (χ3n) is 3.91. The van der Waals surface area contributed by atoms with E-state index in [1.807, 2.05) is 6.07 Å². The van der Waals surface area contributed by atoms with Crippen molar-refractivity contribution in [3.8, 4) is 17.2 Å². The zero-order valence-electron chi connectivity index (χ0n) is 14.5. The number of nitrogen functional groups attached to an aromatic ring is 1. The molecule has 132 valence electrons. The van der Waals surface area contributed by atoms with Crippen LogP contribution in [0.5, 0.6) is 17.2 Å². The molecule has 7 nitrogen and oxygen atoms in total. The normalized spacial score (nSPS) is 10.8. The minimum absolute atomic E-state index is 0.207. The van der Waals surface area contributed by atoms with E-state index in [2.05, 4.69) is 9.97 Å². The molecule has 1 heterocycles. The van der Waals surface area contributed by atoms with Crippen molar-refractivity contribution in [1.82, 2.24) is 9.97 Å². The van der Waals surface area contributed by atoms with E-state index in [-0.39, 0.29) is 12.6 Å². The van der Waals surface area contributed by atoms with Crippen molar-refractivity contribution in [1.29, 1.82) is 0 Å². The Morgan fingerprint density at radius 1 is 0.958 bits per heavy atom. The largest absolute Gasteiger partial charge is 0.493 e. The molecule has 0 aliphatic heterocycles. The summed E-state index contributed by atoms with van der Waals surface area (Å²) in [5.74, 6) is 1.75. The molecule has 1 aromatic carbocycles. The average molecular weight is 335 g/mol. The fourth-order valence-corrected chi connectivity index (χ4v) is 2.76. The number of anilines is 1. The number of methoxy groups -OCH3 is 3. The van der Waals surface area contributed by atoms with Gasteiger partial charge in [-0.2, -0.15) is 0 Å². The third kappa shape index (κ3) is 3.79. The van der Waals surface area contributed by atoms with E-state index in [1.54, 1.807) is 21.3 Å². The molecule has 0 amide bonds. The molecule has 3 N–H and O–H groups in total. The molecule has 2 aromatic rings. The van der Waals surface area contributed by atoms with Gasteiger partial charge in [0.25, 0.3) is 0 Å². The lowest BCUT2D eigenvalue weighted by molar-refractivity contribution is 0.282. The number of rotatable bonds is 9. The molecule has 0 saturated heterocycles. The molecule has 0 aliphatic carbocycles. The summed E-state index contributed by atoms with van der Waals surface area (Å²) < 4.78 is 16.3. The predicted molar refractivity (Wildman–Crippen MR) is 92.9 cm³/mol. The minimum Gasteiger partial charge on any atom is -0.493 e. The number of aliphatic hydroxyl groups is 1. The van der Waals surface area contributed by atoms with Crippen molar-refractivity contribution in [3.05, 3.63) is 11.8 Å². The highest BCUT2D eigenvalue weighted by molar-refractivity contribution is 5.92. The van der Waals surface area contributed by atoms with E-state index in [1.165, 1.54) is 0 Å². The van der Waals surface area contributed by atoms with Crippen molar-refractivity contribution in [3.63, 3.8) is 0 Å². The van der Waals surface area contributed by atoms with Crippen LogP contribution < -0.4 is 19.9 Å². The van der Waals surface area contributed by atoms with Crippen LogP contribution in [0.2, 0.25) is 0 Å². The number of aromatic nitrogens is 2. The summed E-state index contributed by atoms with van der Waals surface area (Å²) in [5.41, 5.74) is 7.36. The summed E-state index contributed by atoms with van der Waals surface area (Å²) in [6, 6.07) is 1.86. The van der Waals surface area contributed by atoms with Crippen LogP contribution in [0.1, 0.15) is 31.4 Å². The molecule has 0 saturated carbocycles.